The maximum absolute atomic E-state index is 12.2. The molecule has 0 fully saturated rings. The molecule has 148 valence electrons. The van der Waals surface area contributed by atoms with Crippen molar-refractivity contribution in [1.29, 1.82) is 0 Å². The molecule has 0 aliphatic carbocycles. The molecule has 0 saturated heterocycles. The van der Waals surface area contributed by atoms with Crippen molar-refractivity contribution in [3.05, 3.63) is 54.6 Å². The summed E-state index contributed by atoms with van der Waals surface area (Å²) in [6.45, 7) is 0.127. The summed E-state index contributed by atoms with van der Waals surface area (Å²) in [5.41, 5.74) is 0.625. The lowest BCUT2D eigenvalue weighted by Gasteiger charge is -2.28. The van der Waals surface area contributed by atoms with Gasteiger partial charge in [0.25, 0.3) is 5.91 Å². The number of hydrogen-bond acceptors (Lipinski definition) is 6. The number of carbonyl (C=O) groups is 2. The molecule has 1 heterocycles. The van der Waals surface area contributed by atoms with E-state index in [1.54, 1.807) is 48.5 Å². The molecule has 7 nitrogen and oxygen atoms in total. The Hall–Kier alpha value is -2.87. The van der Waals surface area contributed by atoms with Gasteiger partial charge in [-0.2, -0.15) is 0 Å². The van der Waals surface area contributed by atoms with Crippen molar-refractivity contribution in [1.82, 2.24) is 0 Å². The van der Waals surface area contributed by atoms with Crippen molar-refractivity contribution < 1.29 is 27.5 Å². The van der Waals surface area contributed by atoms with Crippen molar-refractivity contribution >= 4 is 27.4 Å². The van der Waals surface area contributed by atoms with E-state index in [4.69, 9.17) is 9.47 Å². The number of carbonyl (C=O) groups excluding carboxylic acids is 2. The van der Waals surface area contributed by atoms with Gasteiger partial charge in [0.2, 0.25) is 0 Å². The third-order valence-corrected chi connectivity index (χ3v) is 6.09. The summed E-state index contributed by atoms with van der Waals surface area (Å²) in [4.78, 5) is 25.8. The van der Waals surface area contributed by atoms with E-state index in [-0.39, 0.29) is 49.2 Å². The molecule has 2 aromatic rings. The van der Waals surface area contributed by atoms with Gasteiger partial charge in [-0.1, -0.05) is 30.3 Å². The zero-order valence-electron chi connectivity index (χ0n) is 15.2. The van der Waals surface area contributed by atoms with Gasteiger partial charge in [0.15, 0.2) is 16.4 Å². The molecule has 0 unspecified atom stereocenters. The summed E-state index contributed by atoms with van der Waals surface area (Å²) in [7, 11) is -3.39. The summed E-state index contributed by atoms with van der Waals surface area (Å²) < 4.78 is 34.8. The Bertz CT molecular complexity index is 942. The van der Waals surface area contributed by atoms with Crippen LogP contribution in [0.5, 0.6) is 5.75 Å². The number of fused-ring (bicyclic) bond motifs is 1. The fourth-order valence-electron chi connectivity index (χ4n) is 2.86. The number of amides is 1. The van der Waals surface area contributed by atoms with E-state index in [9.17, 15) is 18.0 Å². The van der Waals surface area contributed by atoms with Gasteiger partial charge in [-0.05, 0) is 30.7 Å². The molecule has 0 N–H and O–H groups in total. The number of ether oxygens (including phenoxy) is 2. The standard InChI is InChI=1S/C20H21NO6S/c22-19-15-27-18-10-5-4-9-17(18)21(19)12-11-20(23)26-13-6-14-28(24,25)16-7-2-1-3-8-16/h1-5,7-10H,6,11-15H2. The van der Waals surface area contributed by atoms with E-state index < -0.39 is 15.8 Å². The smallest absolute Gasteiger partial charge is 0.307 e. The van der Waals surface area contributed by atoms with E-state index in [1.807, 2.05) is 6.07 Å². The Morgan fingerprint density at radius 3 is 2.57 bits per heavy atom. The molecule has 0 spiro atoms. The molecular weight excluding hydrogens is 382 g/mol. The normalized spacial score (nSPS) is 13.6. The second kappa shape index (κ2) is 8.88. The predicted molar refractivity (Wildman–Crippen MR) is 103 cm³/mol. The van der Waals surface area contributed by atoms with Gasteiger partial charge in [-0.25, -0.2) is 8.42 Å². The summed E-state index contributed by atoms with van der Waals surface area (Å²) in [5.74, 6) is -0.199. The summed E-state index contributed by atoms with van der Waals surface area (Å²) >= 11 is 0. The van der Waals surface area contributed by atoms with Crippen molar-refractivity contribution in [3.8, 4) is 5.75 Å². The lowest BCUT2D eigenvalue weighted by molar-refractivity contribution is -0.143. The van der Waals surface area contributed by atoms with Crippen LogP contribution in [0.25, 0.3) is 0 Å². The van der Waals surface area contributed by atoms with Crippen LogP contribution in [0, 0.1) is 0 Å². The lowest BCUT2D eigenvalue weighted by atomic mass is 10.2. The van der Waals surface area contributed by atoms with Crippen LogP contribution in [0.3, 0.4) is 0 Å². The van der Waals surface area contributed by atoms with Crippen molar-refractivity contribution in [2.75, 3.05) is 30.4 Å². The van der Waals surface area contributed by atoms with Crippen LogP contribution < -0.4 is 9.64 Å². The highest BCUT2D eigenvalue weighted by Crippen LogP contribution is 2.31. The number of rotatable bonds is 8. The van der Waals surface area contributed by atoms with E-state index in [0.29, 0.717) is 11.4 Å². The molecule has 0 saturated carbocycles. The number of hydrogen-bond donors (Lipinski definition) is 0. The predicted octanol–water partition coefficient (Wildman–Crippen LogP) is 2.21. The maximum atomic E-state index is 12.2. The van der Waals surface area contributed by atoms with E-state index >= 15 is 0 Å². The van der Waals surface area contributed by atoms with E-state index in [1.165, 1.54) is 4.90 Å². The monoisotopic (exact) mass is 403 g/mol. The van der Waals surface area contributed by atoms with E-state index in [0.717, 1.165) is 0 Å². The fourth-order valence-corrected chi connectivity index (χ4v) is 4.16. The first-order chi connectivity index (χ1) is 13.5. The van der Waals surface area contributed by atoms with Gasteiger partial charge in [0.05, 0.1) is 29.4 Å². The van der Waals surface area contributed by atoms with Crippen LogP contribution in [-0.2, 0) is 24.2 Å². The Labute approximate surface area is 163 Å². The van der Waals surface area contributed by atoms with Crippen LogP contribution in [-0.4, -0.2) is 45.8 Å². The maximum Gasteiger partial charge on any atom is 0.307 e. The summed E-state index contributed by atoms with van der Waals surface area (Å²) in [5, 5.41) is 0. The van der Waals surface area contributed by atoms with Gasteiger partial charge in [-0.3, -0.25) is 9.59 Å². The largest absolute Gasteiger partial charge is 0.482 e. The Morgan fingerprint density at radius 1 is 1.07 bits per heavy atom. The first-order valence-corrected chi connectivity index (χ1v) is 10.6. The Balaban J connectivity index is 1.44. The molecule has 2 aromatic carbocycles. The average molecular weight is 403 g/mol. The fraction of sp³-hybridized carbons (Fsp3) is 0.300. The molecule has 1 aliphatic heterocycles. The molecule has 28 heavy (non-hydrogen) atoms. The number of nitrogens with zero attached hydrogens (tertiary/aromatic N) is 1. The van der Waals surface area contributed by atoms with E-state index in [2.05, 4.69) is 0 Å². The second-order valence-electron chi connectivity index (χ2n) is 6.26. The first kappa shape index (κ1) is 19.9. The SMILES string of the molecule is O=C(CCN1C(=O)COc2ccccc21)OCCCS(=O)(=O)c1ccccc1. The van der Waals surface area contributed by atoms with Gasteiger partial charge >= 0.3 is 5.97 Å². The molecule has 1 aliphatic rings. The van der Waals surface area contributed by atoms with Crippen LogP contribution >= 0.6 is 0 Å². The van der Waals surface area contributed by atoms with Crippen molar-refractivity contribution in [3.63, 3.8) is 0 Å². The highest BCUT2D eigenvalue weighted by molar-refractivity contribution is 7.91. The average Bonchev–Trinajstić information content (AvgIpc) is 2.71. The molecular formula is C20H21NO6S. The molecule has 1 amide bonds. The minimum atomic E-state index is -3.39. The molecule has 0 atom stereocenters. The quantitative estimate of drug-likeness (QED) is 0.496. The molecule has 0 aromatic heterocycles. The number of para-hydroxylation sites is 2. The zero-order valence-corrected chi connectivity index (χ0v) is 16.1. The Morgan fingerprint density at radius 2 is 1.79 bits per heavy atom. The number of benzene rings is 2. The minimum Gasteiger partial charge on any atom is -0.482 e. The van der Waals surface area contributed by atoms with Crippen LogP contribution in [0.15, 0.2) is 59.5 Å². The molecule has 3 rings (SSSR count). The van der Waals surface area contributed by atoms with Crippen molar-refractivity contribution in [2.45, 2.75) is 17.7 Å². The third kappa shape index (κ3) is 4.89. The molecule has 0 bridgehead atoms. The summed E-state index contributed by atoms with van der Waals surface area (Å²) in [6.07, 6.45) is 0.230. The summed E-state index contributed by atoms with van der Waals surface area (Å²) in [6, 6.07) is 15.3. The van der Waals surface area contributed by atoms with Crippen LogP contribution in [0.1, 0.15) is 12.8 Å². The zero-order chi connectivity index (χ0) is 20.0. The highest BCUT2D eigenvalue weighted by Gasteiger charge is 2.25. The Kier molecular flexibility index (Phi) is 6.30. The van der Waals surface area contributed by atoms with Gasteiger partial charge in [-0.15, -0.1) is 0 Å². The minimum absolute atomic E-state index is 0.0124. The molecule has 8 heteroatoms. The van der Waals surface area contributed by atoms with Gasteiger partial charge in [0.1, 0.15) is 5.75 Å². The highest BCUT2D eigenvalue weighted by atomic mass is 32.2. The second-order valence-corrected chi connectivity index (χ2v) is 8.37. The topological polar surface area (TPSA) is 90.0 Å². The number of anilines is 1. The molecule has 0 radical (unpaired) electrons. The van der Waals surface area contributed by atoms with Crippen LogP contribution in [0.4, 0.5) is 5.69 Å². The number of esters is 1. The lowest BCUT2D eigenvalue weighted by Crippen LogP contribution is -2.40. The first-order valence-electron chi connectivity index (χ1n) is 8.93. The van der Waals surface area contributed by atoms with Gasteiger partial charge < -0.3 is 14.4 Å². The van der Waals surface area contributed by atoms with Crippen LogP contribution in [0.2, 0.25) is 0 Å². The number of sulfone groups is 1. The van der Waals surface area contributed by atoms with Gasteiger partial charge in [0, 0.05) is 6.54 Å². The third-order valence-electron chi connectivity index (χ3n) is 4.27. The van der Waals surface area contributed by atoms with Crippen molar-refractivity contribution in [2.24, 2.45) is 0 Å².